The molecule has 1 fully saturated rings. The smallest absolute Gasteiger partial charge is 0.220 e. The average molecular weight is 464 g/mol. The molecule has 7 nitrogen and oxygen atoms in total. The summed E-state index contributed by atoms with van der Waals surface area (Å²) in [6.07, 6.45) is 4.81. The highest BCUT2D eigenvalue weighted by Gasteiger charge is 2.38. The molecule has 0 spiro atoms. The zero-order chi connectivity index (χ0) is 24.1. The third-order valence-corrected chi connectivity index (χ3v) is 6.61. The third kappa shape index (κ3) is 5.35. The minimum Gasteiger partial charge on any atom is -0.493 e. The molecule has 1 aliphatic rings. The lowest BCUT2D eigenvalue weighted by Gasteiger charge is -2.30. The molecule has 0 saturated carbocycles. The summed E-state index contributed by atoms with van der Waals surface area (Å²) in [7, 11) is 3.21. The SMILES string of the molecule is COc1ccc(C[C@@]2(CCC(=O)N[C@@H](C)Cn3ccc4ccccc43)CCC(=O)N2)cc1OC. The highest BCUT2D eigenvalue weighted by molar-refractivity contribution is 5.81. The number of benzene rings is 2. The number of nitrogens with zero attached hydrogens (tertiary/aromatic N) is 1. The van der Waals surface area contributed by atoms with Crippen LogP contribution in [0.1, 0.15) is 38.2 Å². The first-order valence-electron chi connectivity index (χ1n) is 11.8. The van der Waals surface area contributed by atoms with Crippen LogP contribution in [0.5, 0.6) is 11.5 Å². The second-order valence-corrected chi connectivity index (χ2v) is 9.19. The van der Waals surface area contributed by atoms with E-state index < -0.39 is 5.54 Å². The third-order valence-electron chi connectivity index (χ3n) is 6.61. The van der Waals surface area contributed by atoms with Crippen molar-refractivity contribution in [3.05, 3.63) is 60.3 Å². The van der Waals surface area contributed by atoms with E-state index >= 15 is 0 Å². The van der Waals surface area contributed by atoms with Crippen LogP contribution < -0.4 is 20.1 Å². The number of rotatable bonds is 10. The molecule has 4 rings (SSSR count). The molecule has 180 valence electrons. The number of ether oxygens (including phenoxy) is 2. The van der Waals surface area contributed by atoms with Gasteiger partial charge in [0.2, 0.25) is 11.8 Å². The molecule has 3 aromatic rings. The van der Waals surface area contributed by atoms with Crippen LogP contribution >= 0.6 is 0 Å². The summed E-state index contributed by atoms with van der Waals surface area (Å²) in [5.74, 6) is 1.36. The summed E-state index contributed by atoms with van der Waals surface area (Å²) in [6.45, 7) is 2.72. The maximum absolute atomic E-state index is 12.8. The Hall–Kier alpha value is -3.48. The lowest BCUT2D eigenvalue weighted by Crippen LogP contribution is -2.45. The normalized spacial score (nSPS) is 18.5. The summed E-state index contributed by atoms with van der Waals surface area (Å²) < 4.78 is 12.9. The van der Waals surface area contributed by atoms with Crippen molar-refractivity contribution in [1.29, 1.82) is 0 Å². The predicted octanol–water partition coefficient (Wildman–Crippen LogP) is 3.83. The molecular weight excluding hydrogens is 430 g/mol. The molecule has 34 heavy (non-hydrogen) atoms. The quantitative estimate of drug-likeness (QED) is 0.479. The minimum atomic E-state index is -0.437. The van der Waals surface area contributed by atoms with Crippen molar-refractivity contribution in [3.8, 4) is 11.5 Å². The molecule has 0 bridgehead atoms. The van der Waals surface area contributed by atoms with Crippen molar-refractivity contribution >= 4 is 22.7 Å². The predicted molar refractivity (Wildman–Crippen MR) is 132 cm³/mol. The van der Waals surface area contributed by atoms with Crippen molar-refractivity contribution in [2.24, 2.45) is 0 Å². The second-order valence-electron chi connectivity index (χ2n) is 9.19. The zero-order valence-electron chi connectivity index (χ0n) is 20.1. The minimum absolute atomic E-state index is 0.00297. The van der Waals surface area contributed by atoms with Gasteiger partial charge < -0.3 is 24.7 Å². The van der Waals surface area contributed by atoms with Gasteiger partial charge in [-0.3, -0.25) is 9.59 Å². The molecule has 2 amide bonds. The van der Waals surface area contributed by atoms with E-state index in [1.54, 1.807) is 14.2 Å². The average Bonchev–Trinajstić information content (AvgIpc) is 3.41. The van der Waals surface area contributed by atoms with Crippen LogP contribution in [0.15, 0.2) is 54.7 Å². The molecule has 2 N–H and O–H groups in total. The van der Waals surface area contributed by atoms with Gasteiger partial charge in [0.1, 0.15) is 0 Å². The molecule has 7 heteroatoms. The number of fused-ring (bicyclic) bond motifs is 1. The number of methoxy groups -OCH3 is 2. The van der Waals surface area contributed by atoms with E-state index in [2.05, 4.69) is 39.6 Å². The summed E-state index contributed by atoms with van der Waals surface area (Å²) >= 11 is 0. The van der Waals surface area contributed by atoms with E-state index in [4.69, 9.17) is 9.47 Å². The largest absolute Gasteiger partial charge is 0.493 e. The van der Waals surface area contributed by atoms with Crippen molar-refractivity contribution in [2.45, 2.75) is 57.2 Å². The van der Waals surface area contributed by atoms with Crippen LogP contribution in [0.2, 0.25) is 0 Å². The van der Waals surface area contributed by atoms with Gasteiger partial charge in [-0.1, -0.05) is 24.3 Å². The Balaban J connectivity index is 1.37. The lowest BCUT2D eigenvalue weighted by atomic mass is 9.84. The Morgan fingerprint density at radius 2 is 1.94 bits per heavy atom. The Morgan fingerprint density at radius 3 is 2.68 bits per heavy atom. The Bertz CT molecular complexity index is 1170. The number of amides is 2. The van der Waals surface area contributed by atoms with Gasteiger partial charge in [0.25, 0.3) is 0 Å². The summed E-state index contributed by atoms with van der Waals surface area (Å²) in [5, 5.41) is 7.47. The van der Waals surface area contributed by atoms with E-state index in [0.29, 0.717) is 50.1 Å². The van der Waals surface area contributed by atoms with Crippen LogP contribution in [0, 0.1) is 0 Å². The standard InChI is InChI=1S/C27H33N3O4/c1-19(18-30-15-12-21-6-4-5-7-22(21)30)28-25(31)10-13-27(14-11-26(32)29-27)17-20-8-9-23(33-2)24(16-20)34-3/h4-9,12,15-16,19H,10-11,13-14,17-18H2,1-3H3,(H,28,31)(H,29,32)/t19-,27+/m0/s1. The molecule has 1 aromatic heterocycles. The van der Waals surface area contributed by atoms with Gasteiger partial charge >= 0.3 is 0 Å². The molecule has 0 radical (unpaired) electrons. The van der Waals surface area contributed by atoms with E-state index in [1.807, 2.05) is 37.3 Å². The Kier molecular flexibility index (Phi) is 7.10. The molecule has 2 aromatic carbocycles. The van der Waals surface area contributed by atoms with Crippen LogP contribution in [-0.4, -0.2) is 42.2 Å². The van der Waals surface area contributed by atoms with E-state index in [0.717, 1.165) is 11.1 Å². The first-order chi connectivity index (χ1) is 16.4. The Labute approximate surface area is 200 Å². The van der Waals surface area contributed by atoms with Crippen molar-refractivity contribution in [1.82, 2.24) is 15.2 Å². The molecule has 1 aliphatic heterocycles. The van der Waals surface area contributed by atoms with Crippen molar-refractivity contribution in [2.75, 3.05) is 14.2 Å². The molecule has 2 heterocycles. The molecule has 0 aliphatic carbocycles. The van der Waals surface area contributed by atoms with Gasteiger partial charge in [0.05, 0.1) is 14.2 Å². The topological polar surface area (TPSA) is 81.6 Å². The van der Waals surface area contributed by atoms with E-state index in [-0.39, 0.29) is 17.9 Å². The molecule has 1 saturated heterocycles. The second kappa shape index (κ2) is 10.2. The number of para-hydroxylation sites is 1. The van der Waals surface area contributed by atoms with E-state index in [1.165, 1.54) is 5.39 Å². The number of aromatic nitrogens is 1. The monoisotopic (exact) mass is 463 g/mol. The first-order valence-corrected chi connectivity index (χ1v) is 11.8. The highest BCUT2D eigenvalue weighted by Crippen LogP contribution is 2.33. The van der Waals surface area contributed by atoms with Gasteiger partial charge in [-0.05, 0) is 61.4 Å². The molecule has 0 unspecified atom stereocenters. The van der Waals surface area contributed by atoms with Crippen LogP contribution in [0.4, 0.5) is 0 Å². The van der Waals surface area contributed by atoms with Crippen LogP contribution in [0.3, 0.4) is 0 Å². The summed E-state index contributed by atoms with van der Waals surface area (Å²) in [6, 6.07) is 16.1. The maximum atomic E-state index is 12.8. The van der Waals surface area contributed by atoms with Crippen LogP contribution in [-0.2, 0) is 22.6 Å². The fourth-order valence-corrected chi connectivity index (χ4v) is 4.90. The van der Waals surface area contributed by atoms with Crippen molar-refractivity contribution in [3.63, 3.8) is 0 Å². The zero-order valence-corrected chi connectivity index (χ0v) is 20.1. The first kappa shape index (κ1) is 23.7. The van der Waals surface area contributed by atoms with Crippen molar-refractivity contribution < 1.29 is 19.1 Å². The van der Waals surface area contributed by atoms with E-state index in [9.17, 15) is 9.59 Å². The fraction of sp³-hybridized carbons (Fsp3) is 0.407. The number of carbonyl (C=O) groups is 2. The maximum Gasteiger partial charge on any atom is 0.220 e. The number of nitrogens with one attached hydrogen (secondary N) is 2. The molecular formula is C27H33N3O4. The van der Waals surface area contributed by atoms with Crippen LogP contribution in [0.25, 0.3) is 10.9 Å². The summed E-state index contributed by atoms with van der Waals surface area (Å²) in [5.41, 5.74) is 1.76. The van der Waals surface area contributed by atoms with Gasteiger partial charge in [-0.15, -0.1) is 0 Å². The van der Waals surface area contributed by atoms with Gasteiger partial charge in [0.15, 0.2) is 11.5 Å². The molecule has 2 atom stereocenters. The fourth-order valence-electron chi connectivity index (χ4n) is 4.90. The lowest BCUT2D eigenvalue weighted by molar-refractivity contribution is -0.123. The highest BCUT2D eigenvalue weighted by atomic mass is 16.5. The van der Waals surface area contributed by atoms with Gasteiger partial charge in [-0.2, -0.15) is 0 Å². The summed E-state index contributed by atoms with van der Waals surface area (Å²) in [4.78, 5) is 24.9. The Morgan fingerprint density at radius 1 is 1.15 bits per heavy atom. The van der Waals surface area contributed by atoms with Gasteiger partial charge in [-0.25, -0.2) is 0 Å². The number of hydrogen-bond acceptors (Lipinski definition) is 4. The number of hydrogen-bond donors (Lipinski definition) is 2. The number of carbonyl (C=O) groups excluding carboxylic acids is 2. The van der Waals surface area contributed by atoms with Gasteiger partial charge in [0, 0.05) is 42.7 Å².